The molecule has 2 nitrogen and oxygen atoms in total. The van der Waals surface area contributed by atoms with Gasteiger partial charge in [-0.1, -0.05) is 25.5 Å². The quantitative estimate of drug-likeness (QED) is 0.415. The number of allylic oxidation sites excluding steroid dienone is 4. The summed E-state index contributed by atoms with van der Waals surface area (Å²) in [6, 6.07) is 0. The summed E-state index contributed by atoms with van der Waals surface area (Å²) >= 11 is 0. The third kappa shape index (κ3) is 3.72. The summed E-state index contributed by atoms with van der Waals surface area (Å²) in [6.07, 6.45) is 5.74. The van der Waals surface area contributed by atoms with E-state index in [1.807, 2.05) is 6.92 Å². The molecule has 1 atom stereocenters. The van der Waals surface area contributed by atoms with E-state index in [9.17, 15) is 4.79 Å². The second-order valence-electron chi connectivity index (χ2n) is 6.16. The van der Waals surface area contributed by atoms with Gasteiger partial charge in [-0.05, 0) is 56.9 Å². The Hall–Kier alpha value is -1.05. The minimum atomic E-state index is -0.234. The van der Waals surface area contributed by atoms with Crippen molar-refractivity contribution >= 4 is 5.97 Å². The summed E-state index contributed by atoms with van der Waals surface area (Å²) in [6.45, 7) is 12.3. The van der Waals surface area contributed by atoms with Gasteiger partial charge in [0.15, 0.2) is 0 Å². The highest BCUT2D eigenvalue weighted by Gasteiger charge is 2.32. The zero-order chi connectivity index (χ0) is 13.9. The summed E-state index contributed by atoms with van der Waals surface area (Å²) < 4.78 is 5.18. The van der Waals surface area contributed by atoms with Crippen LogP contribution in [0, 0.1) is 11.3 Å². The van der Waals surface area contributed by atoms with Gasteiger partial charge in [0.2, 0.25) is 0 Å². The largest absolute Gasteiger partial charge is 0.432 e. The zero-order valence-corrected chi connectivity index (χ0v) is 12.6. The number of carbonyl (C=O) groups is 1. The third-order valence-corrected chi connectivity index (χ3v) is 4.16. The minimum absolute atomic E-state index is 0.234. The van der Waals surface area contributed by atoms with Crippen LogP contribution in [-0.2, 0) is 9.53 Å². The van der Waals surface area contributed by atoms with Crippen molar-refractivity contribution in [3.8, 4) is 0 Å². The van der Waals surface area contributed by atoms with E-state index < -0.39 is 0 Å². The topological polar surface area (TPSA) is 26.3 Å². The fourth-order valence-corrected chi connectivity index (χ4v) is 2.79. The van der Waals surface area contributed by atoms with E-state index in [1.54, 1.807) is 0 Å². The van der Waals surface area contributed by atoms with Gasteiger partial charge in [0, 0.05) is 6.92 Å². The van der Waals surface area contributed by atoms with Crippen LogP contribution in [-0.4, -0.2) is 5.97 Å². The highest BCUT2D eigenvalue weighted by molar-refractivity contribution is 5.67. The van der Waals surface area contributed by atoms with Crippen molar-refractivity contribution in [2.45, 2.75) is 60.8 Å². The van der Waals surface area contributed by atoms with E-state index in [0.29, 0.717) is 11.3 Å². The Morgan fingerprint density at radius 2 is 2.00 bits per heavy atom. The first-order chi connectivity index (χ1) is 8.24. The first-order valence-electron chi connectivity index (χ1n) is 6.75. The van der Waals surface area contributed by atoms with Crippen LogP contribution in [0.25, 0.3) is 0 Å². The smallest absolute Gasteiger partial charge is 0.307 e. The van der Waals surface area contributed by atoms with Crippen molar-refractivity contribution in [2.24, 2.45) is 11.3 Å². The Morgan fingerprint density at radius 1 is 1.39 bits per heavy atom. The molecule has 102 valence electrons. The molecule has 0 aliphatic heterocycles. The van der Waals surface area contributed by atoms with Gasteiger partial charge in [-0.15, -0.1) is 0 Å². The highest BCUT2D eigenvalue weighted by Crippen LogP contribution is 2.44. The number of rotatable bonds is 3. The summed E-state index contributed by atoms with van der Waals surface area (Å²) in [4.78, 5) is 11.0. The van der Waals surface area contributed by atoms with Crippen molar-refractivity contribution < 1.29 is 9.53 Å². The first kappa shape index (κ1) is 15.0. The van der Waals surface area contributed by atoms with Crippen LogP contribution in [0.2, 0.25) is 0 Å². The van der Waals surface area contributed by atoms with Gasteiger partial charge in [-0.25, -0.2) is 0 Å². The van der Waals surface area contributed by atoms with Gasteiger partial charge in [0.05, 0.1) is 0 Å². The standard InChI is InChI=1S/C16H26O2/c1-11-8-7-9-16(5,6)15(11)10-12(2)13(3)18-14(4)17/h8,15H,7,9-10H2,1-6H3. The second-order valence-corrected chi connectivity index (χ2v) is 6.16. The Balaban J connectivity index is 2.85. The van der Waals surface area contributed by atoms with Crippen LogP contribution in [0.1, 0.15) is 60.8 Å². The van der Waals surface area contributed by atoms with Crippen molar-refractivity contribution in [1.29, 1.82) is 0 Å². The normalized spacial score (nSPS) is 24.1. The Labute approximate surface area is 111 Å². The Bertz CT molecular complexity index is 386. The van der Waals surface area contributed by atoms with Gasteiger partial charge in [-0.3, -0.25) is 4.79 Å². The lowest BCUT2D eigenvalue weighted by molar-refractivity contribution is -0.136. The molecule has 1 rings (SSSR count). The fourth-order valence-electron chi connectivity index (χ4n) is 2.79. The molecule has 0 heterocycles. The Kier molecular flexibility index (Phi) is 4.78. The van der Waals surface area contributed by atoms with Crippen LogP contribution in [0.3, 0.4) is 0 Å². The molecular weight excluding hydrogens is 224 g/mol. The monoisotopic (exact) mass is 250 g/mol. The van der Waals surface area contributed by atoms with Crippen molar-refractivity contribution in [2.75, 3.05) is 0 Å². The van der Waals surface area contributed by atoms with E-state index >= 15 is 0 Å². The van der Waals surface area contributed by atoms with E-state index in [0.717, 1.165) is 12.2 Å². The molecule has 0 saturated heterocycles. The van der Waals surface area contributed by atoms with E-state index in [4.69, 9.17) is 4.74 Å². The lowest BCUT2D eigenvalue weighted by Gasteiger charge is -2.39. The molecule has 1 unspecified atom stereocenters. The number of carbonyl (C=O) groups excluding carboxylic acids is 1. The van der Waals surface area contributed by atoms with Gasteiger partial charge < -0.3 is 4.74 Å². The van der Waals surface area contributed by atoms with Crippen LogP contribution < -0.4 is 0 Å². The van der Waals surface area contributed by atoms with Gasteiger partial charge in [0.1, 0.15) is 5.76 Å². The fraction of sp³-hybridized carbons (Fsp3) is 0.688. The molecule has 0 amide bonds. The maximum absolute atomic E-state index is 11.0. The maximum Gasteiger partial charge on any atom is 0.307 e. The van der Waals surface area contributed by atoms with Gasteiger partial charge >= 0.3 is 5.97 Å². The molecule has 0 aromatic carbocycles. The molecule has 0 aromatic heterocycles. The maximum atomic E-state index is 11.0. The number of hydrogen-bond acceptors (Lipinski definition) is 2. The first-order valence-corrected chi connectivity index (χ1v) is 6.75. The van der Waals surface area contributed by atoms with E-state index in [-0.39, 0.29) is 5.97 Å². The molecule has 1 aliphatic rings. The number of hydrogen-bond donors (Lipinski definition) is 0. The van der Waals surface area contributed by atoms with Crippen molar-refractivity contribution in [1.82, 2.24) is 0 Å². The summed E-state index contributed by atoms with van der Waals surface area (Å²) in [7, 11) is 0. The van der Waals surface area contributed by atoms with Crippen molar-refractivity contribution in [3.63, 3.8) is 0 Å². The van der Waals surface area contributed by atoms with E-state index in [2.05, 4.69) is 33.8 Å². The number of esters is 1. The van der Waals surface area contributed by atoms with Gasteiger partial charge in [-0.2, -0.15) is 0 Å². The molecular formula is C16H26O2. The Morgan fingerprint density at radius 3 is 2.50 bits per heavy atom. The van der Waals surface area contributed by atoms with Crippen molar-refractivity contribution in [3.05, 3.63) is 23.0 Å². The summed E-state index contributed by atoms with van der Waals surface area (Å²) in [5.41, 5.74) is 2.98. The molecule has 0 bridgehead atoms. The molecule has 18 heavy (non-hydrogen) atoms. The SMILES string of the molecule is CC(=O)OC(C)=C(C)CC1C(C)=CCCC1(C)C. The summed E-state index contributed by atoms with van der Waals surface area (Å²) in [5, 5.41) is 0. The lowest BCUT2D eigenvalue weighted by Crippen LogP contribution is -2.28. The summed E-state index contributed by atoms with van der Waals surface area (Å²) in [5.74, 6) is 1.08. The molecule has 0 saturated carbocycles. The average molecular weight is 250 g/mol. The molecule has 2 heteroatoms. The minimum Gasteiger partial charge on any atom is -0.432 e. The average Bonchev–Trinajstić information content (AvgIpc) is 2.22. The molecule has 0 radical (unpaired) electrons. The molecule has 0 aromatic rings. The second kappa shape index (κ2) is 5.73. The molecule has 1 aliphatic carbocycles. The van der Waals surface area contributed by atoms with Crippen LogP contribution in [0.4, 0.5) is 0 Å². The van der Waals surface area contributed by atoms with E-state index in [1.165, 1.54) is 30.9 Å². The highest BCUT2D eigenvalue weighted by atomic mass is 16.5. The lowest BCUT2D eigenvalue weighted by atomic mass is 9.66. The molecule has 0 spiro atoms. The van der Waals surface area contributed by atoms with Crippen LogP contribution >= 0.6 is 0 Å². The third-order valence-electron chi connectivity index (χ3n) is 4.16. The van der Waals surface area contributed by atoms with Crippen LogP contribution in [0.5, 0.6) is 0 Å². The van der Waals surface area contributed by atoms with Gasteiger partial charge in [0.25, 0.3) is 0 Å². The molecule has 0 fully saturated rings. The predicted molar refractivity (Wildman–Crippen MR) is 75.0 cm³/mol. The van der Waals surface area contributed by atoms with Crippen LogP contribution in [0.15, 0.2) is 23.0 Å². The molecule has 0 N–H and O–H groups in total. The zero-order valence-electron chi connectivity index (χ0n) is 12.6. The number of ether oxygens (including phenoxy) is 1. The predicted octanol–water partition coefficient (Wildman–Crippen LogP) is 4.62.